The van der Waals surface area contributed by atoms with Crippen molar-refractivity contribution in [1.29, 1.82) is 0 Å². The van der Waals surface area contributed by atoms with E-state index in [1.54, 1.807) is 6.20 Å². The molecule has 0 bridgehead atoms. The molecule has 1 saturated heterocycles. The number of hydrogen-bond donors (Lipinski definition) is 2. The van der Waals surface area contributed by atoms with Gasteiger partial charge in [-0.25, -0.2) is 4.98 Å². The summed E-state index contributed by atoms with van der Waals surface area (Å²) in [5.41, 5.74) is 0. The van der Waals surface area contributed by atoms with E-state index in [1.165, 1.54) is 0 Å². The van der Waals surface area contributed by atoms with Gasteiger partial charge in [0.2, 0.25) is 5.95 Å². The summed E-state index contributed by atoms with van der Waals surface area (Å²) in [7, 11) is -0.650. The van der Waals surface area contributed by atoms with E-state index >= 15 is 0 Å². The molecule has 100 valence electrons. The molecule has 0 atom stereocenters. The van der Waals surface area contributed by atoms with Crippen molar-refractivity contribution in [2.24, 2.45) is 0 Å². The lowest BCUT2D eigenvalue weighted by Crippen LogP contribution is -2.30. The van der Waals surface area contributed by atoms with Crippen LogP contribution in [0.15, 0.2) is 6.20 Å². The van der Waals surface area contributed by atoms with Gasteiger partial charge >= 0.3 is 0 Å². The molecule has 0 unspecified atom stereocenters. The number of rotatable bonds is 4. The minimum Gasteiger partial charge on any atom is -0.366 e. The number of hydrogen-bond acceptors (Lipinski definition) is 5. The molecule has 0 saturated carbocycles. The molecule has 0 aliphatic carbocycles. The van der Waals surface area contributed by atoms with E-state index in [0.29, 0.717) is 22.8 Å². The van der Waals surface area contributed by atoms with Crippen LogP contribution in [-0.2, 0) is 10.8 Å². The van der Waals surface area contributed by atoms with Gasteiger partial charge in [-0.05, 0) is 19.8 Å². The predicted octanol–water partition coefficient (Wildman–Crippen LogP) is 1.88. The summed E-state index contributed by atoms with van der Waals surface area (Å²) in [6.07, 6.45) is 3.38. The molecule has 5 nitrogen and oxygen atoms in total. The molecule has 0 radical (unpaired) electrons. The molecule has 0 amide bonds. The minimum atomic E-state index is -0.650. The van der Waals surface area contributed by atoms with Crippen molar-refractivity contribution in [1.82, 2.24) is 9.97 Å². The molecule has 2 N–H and O–H groups in total. The van der Waals surface area contributed by atoms with Crippen molar-refractivity contribution < 1.29 is 4.21 Å². The molecule has 1 aromatic rings. The Bertz CT molecular complexity index is 433. The lowest BCUT2D eigenvalue weighted by atomic mass is 10.1. The van der Waals surface area contributed by atoms with E-state index in [0.717, 1.165) is 30.9 Å². The monoisotopic (exact) mass is 288 g/mol. The molecule has 2 heterocycles. The zero-order chi connectivity index (χ0) is 13.0. The van der Waals surface area contributed by atoms with Gasteiger partial charge in [0.15, 0.2) is 5.82 Å². The SMILES string of the molecule is CCNc1ncc(Cl)c(NC2CCS(=O)CC2)n1. The Labute approximate surface area is 114 Å². The smallest absolute Gasteiger partial charge is 0.224 e. The number of halogens is 1. The first-order valence-corrected chi connectivity index (χ1v) is 7.93. The van der Waals surface area contributed by atoms with Crippen LogP contribution < -0.4 is 10.6 Å². The number of nitrogens with one attached hydrogen (secondary N) is 2. The van der Waals surface area contributed by atoms with Crippen molar-refractivity contribution >= 4 is 34.2 Å². The lowest BCUT2D eigenvalue weighted by Gasteiger charge is -2.23. The summed E-state index contributed by atoms with van der Waals surface area (Å²) in [6, 6.07) is 0.296. The highest BCUT2D eigenvalue weighted by Gasteiger charge is 2.19. The summed E-state index contributed by atoms with van der Waals surface area (Å²) in [6.45, 7) is 2.75. The second-order valence-electron chi connectivity index (χ2n) is 4.19. The Kier molecular flexibility index (Phi) is 4.77. The maximum atomic E-state index is 11.3. The van der Waals surface area contributed by atoms with Crippen molar-refractivity contribution in [3.05, 3.63) is 11.2 Å². The normalized spacial score (nSPS) is 23.7. The van der Waals surface area contributed by atoms with Gasteiger partial charge in [-0.15, -0.1) is 0 Å². The molecule has 0 aromatic carbocycles. The second kappa shape index (κ2) is 6.33. The van der Waals surface area contributed by atoms with Crippen LogP contribution in [0.1, 0.15) is 19.8 Å². The van der Waals surface area contributed by atoms with Crippen LogP contribution in [0.2, 0.25) is 5.02 Å². The highest BCUT2D eigenvalue weighted by atomic mass is 35.5. The van der Waals surface area contributed by atoms with Gasteiger partial charge in [-0.2, -0.15) is 4.98 Å². The fourth-order valence-electron chi connectivity index (χ4n) is 1.84. The van der Waals surface area contributed by atoms with Crippen LogP contribution in [0.5, 0.6) is 0 Å². The van der Waals surface area contributed by atoms with E-state index < -0.39 is 10.8 Å². The molecule has 2 rings (SSSR count). The second-order valence-corrected chi connectivity index (χ2v) is 6.29. The predicted molar refractivity (Wildman–Crippen MR) is 75.7 cm³/mol. The standard InChI is InChI=1S/C11H17ClN4OS/c1-2-13-11-14-7-9(12)10(16-11)15-8-3-5-18(17)6-4-8/h7-8H,2-6H2,1H3,(H2,13,14,15,16). The highest BCUT2D eigenvalue weighted by Crippen LogP contribution is 2.22. The molecular weight excluding hydrogens is 272 g/mol. The number of anilines is 2. The molecule has 18 heavy (non-hydrogen) atoms. The number of nitrogens with zero attached hydrogens (tertiary/aromatic N) is 2. The van der Waals surface area contributed by atoms with E-state index in [-0.39, 0.29) is 0 Å². The van der Waals surface area contributed by atoms with Gasteiger partial charge in [-0.1, -0.05) is 11.6 Å². The molecule has 7 heteroatoms. The van der Waals surface area contributed by atoms with Gasteiger partial charge in [-0.3, -0.25) is 4.21 Å². The van der Waals surface area contributed by atoms with Crippen molar-refractivity contribution in [2.45, 2.75) is 25.8 Å². The Morgan fingerprint density at radius 1 is 1.50 bits per heavy atom. The van der Waals surface area contributed by atoms with Crippen molar-refractivity contribution in [3.63, 3.8) is 0 Å². The Balaban J connectivity index is 2.03. The summed E-state index contributed by atoms with van der Waals surface area (Å²) in [4.78, 5) is 8.43. The lowest BCUT2D eigenvalue weighted by molar-refractivity contribution is 0.622. The van der Waals surface area contributed by atoms with Gasteiger partial charge < -0.3 is 10.6 Å². The highest BCUT2D eigenvalue weighted by molar-refractivity contribution is 7.85. The van der Waals surface area contributed by atoms with Crippen LogP contribution in [0.4, 0.5) is 11.8 Å². The third kappa shape index (κ3) is 3.55. The van der Waals surface area contributed by atoms with Crippen molar-refractivity contribution in [3.8, 4) is 0 Å². The Morgan fingerprint density at radius 3 is 2.89 bits per heavy atom. The van der Waals surface area contributed by atoms with Crippen LogP contribution >= 0.6 is 11.6 Å². The van der Waals surface area contributed by atoms with Crippen molar-refractivity contribution in [2.75, 3.05) is 28.7 Å². The summed E-state index contributed by atoms with van der Waals surface area (Å²) in [5, 5.41) is 6.88. The first-order chi connectivity index (χ1) is 8.69. The fourth-order valence-corrected chi connectivity index (χ4v) is 3.29. The molecule has 1 aromatic heterocycles. The topological polar surface area (TPSA) is 66.9 Å². The number of aromatic nitrogens is 2. The maximum Gasteiger partial charge on any atom is 0.224 e. The Hall–Kier alpha value is -0.880. The van der Waals surface area contributed by atoms with E-state index in [1.807, 2.05) is 6.92 Å². The quantitative estimate of drug-likeness (QED) is 0.885. The first-order valence-electron chi connectivity index (χ1n) is 6.07. The molecular formula is C11H17ClN4OS. The van der Waals surface area contributed by atoms with Crippen LogP contribution in [0.25, 0.3) is 0 Å². The van der Waals surface area contributed by atoms with Crippen LogP contribution in [-0.4, -0.2) is 38.3 Å². The zero-order valence-corrected chi connectivity index (χ0v) is 11.9. The molecule has 1 aliphatic rings. The third-order valence-corrected chi connectivity index (χ3v) is 4.47. The summed E-state index contributed by atoms with van der Waals surface area (Å²) in [5.74, 6) is 2.73. The van der Waals surface area contributed by atoms with E-state index in [2.05, 4.69) is 20.6 Å². The van der Waals surface area contributed by atoms with E-state index in [4.69, 9.17) is 11.6 Å². The minimum absolute atomic E-state index is 0.296. The average Bonchev–Trinajstić information content (AvgIpc) is 2.36. The van der Waals surface area contributed by atoms with Gasteiger partial charge in [0.05, 0.1) is 6.20 Å². The largest absolute Gasteiger partial charge is 0.366 e. The van der Waals surface area contributed by atoms with Gasteiger partial charge in [0.1, 0.15) is 5.02 Å². The van der Waals surface area contributed by atoms with Gasteiger partial charge in [0, 0.05) is 34.9 Å². The summed E-state index contributed by atoms with van der Waals surface area (Å²) < 4.78 is 11.3. The average molecular weight is 289 g/mol. The third-order valence-electron chi connectivity index (χ3n) is 2.81. The summed E-state index contributed by atoms with van der Waals surface area (Å²) >= 11 is 6.07. The fraction of sp³-hybridized carbons (Fsp3) is 0.636. The van der Waals surface area contributed by atoms with E-state index in [9.17, 15) is 4.21 Å². The molecule has 1 fully saturated rings. The molecule has 1 aliphatic heterocycles. The van der Waals surface area contributed by atoms with Crippen LogP contribution in [0.3, 0.4) is 0 Å². The molecule has 0 spiro atoms. The van der Waals surface area contributed by atoms with Crippen LogP contribution in [0, 0.1) is 0 Å². The maximum absolute atomic E-state index is 11.3. The zero-order valence-electron chi connectivity index (χ0n) is 10.3. The van der Waals surface area contributed by atoms with Gasteiger partial charge in [0.25, 0.3) is 0 Å². The first kappa shape index (κ1) is 13.5. The Morgan fingerprint density at radius 2 is 2.22 bits per heavy atom.